The van der Waals surface area contributed by atoms with Crippen molar-refractivity contribution in [2.45, 2.75) is 18.7 Å². The lowest BCUT2D eigenvalue weighted by Crippen LogP contribution is -2.24. The number of hydrogen-bond acceptors (Lipinski definition) is 10. The summed E-state index contributed by atoms with van der Waals surface area (Å²) in [5, 5.41) is 13.2. The Morgan fingerprint density at radius 2 is 1.93 bits per heavy atom. The quantitative estimate of drug-likeness (QED) is 0.320. The van der Waals surface area contributed by atoms with Crippen molar-refractivity contribution in [1.82, 2.24) is 24.0 Å². The van der Waals surface area contributed by atoms with Crippen LogP contribution in [0.15, 0.2) is 45.6 Å². The van der Waals surface area contributed by atoms with Crippen LogP contribution in [0, 0.1) is 13.8 Å². The highest BCUT2D eigenvalue weighted by Gasteiger charge is 2.15. The summed E-state index contributed by atoms with van der Waals surface area (Å²) in [6, 6.07) is 6.62. The topological polar surface area (TPSA) is 106 Å². The summed E-state index contributed by atoms with van der Waals surface area (Å²) in [6.07, 6.45) is 1.73. The van der Waals surface area contributed by atoms with E-state index in [1.807, 2.05) is 18.9 Å². The van der Waals surface area contributed by atoms with Gasteiger partial charge in [-0.25, -0.2) is 18.1 Å². The van der Waals surface area contributed by atoms with Gasteiger partial charge in [0.1, 0.15) is 11.5 Å². The molecule has 0 unspecified atom stereocenters. The second-order valence-electron chi connectivity index (χ2n) is 6.40. The third kappa shape index (κ3) is 5.47. The number of nitrogens with zero attached hydrogens (tertiary/aromatic N) is 7. The molecule has 3 aromatic rings. The van der Waals surface area contributed by atoms with Crippen molar-refractivity contribution < 1.29 is 8.42 Å². The second-order valence-corrected chi connectivity index (χ2v) is 9.52. The van der Waals surface area contributed by atoms with Crippen LogP contribution in [-0.2, 0) is 9.84 Å². The Kier molecular flexibility index (Phi) is 6.77. The van der Waals surface area contributed by atoms with E-state index in [1.165, 1.54) is 11.5 Å². The molecule has 9 nitrogen and oxygen atoms in total. The van der Waals surface area contributed by atoms with Gasteiger partial charge in [-0.05, 0) is 45.2 Å². The Balaban J connectivity index is 1.75. The number of aromatic nitrogens is 4. The van der Waals surface area contributed by atoms with E-state index in [9.17, 15) is 8.42 Å². The molecule has 3 rings (SSSR count). The minimum atomic E-state index is -3.36. The first-order valence-corrected chi connectivity index (χ1v) is 11.8. The fourth-order valence-corrected chi connectivity index (χ4v) is 4.36. The summed E-state index contributed by atoms with van der Waals surface area (Å²) in [5.74, 6) is 1.20. The van der Waals surface area contributed by atoms with Crippen LogP contribution in [0.25, 0.3) is 5.69 Å². The van der Waals surface area contributed by atoms with E-state index in [0.717, 1.165) is 5.69 Å². The number of benzene rings is 1. The lowest BCUT2D eigenvalue weighted by Gasteiger charge is -2.13. The van der Waals surface area contributed by atoms with Gasteiger partial charge in [-0.1, -0.05) is 0 Å². The van der Waals surface area contributed by atoms with E-state index in [2.05, 4.69) is 37.3 Å². The highest BCUT2D eigenvalue weighted by atomic mass is 32.2. The van der Waals surface area contributed by atoms with E-state index >= 15 is 0 Å². The molecule has 0 radical (unpaired) electrons. The molecule has 1 aromatic carbocycles. The zero-order valence-corrected chi connectivity index (χ0v) is 18.7. The van der Waals surface area contributed by atoms with E-state index < -0.39 is 9.84 Å². The smallest absolute Gasteiger partial charge is 0.249 e. The van der Waals surface area contributed by atoms with E-state index in [0.29, 0.717) is 34.8 Å². The van der Waals surface area contributed by atoms with Gasteiger partial charge in [0.2, 0.25) is 5.13 Å². The molecule has 0 amide bonds. The monoisotopic (exact) mass is 451 g/mol. The highest BCUT2D eigenvalue weighted by Crippen LogP contribution is 2.24. The van der Waals surface area contributed by atoms with Crippen LogP contribution >= 0.6 is 24.2 Å². The van der Waals surface area contributed by atoms with Gasteiger partial charge >= 0.3 is 0 Å². The fraction of sp³-hybridized carbons (Fsp3) is 0.353. The Hall–Kier alpha value is -2.15. The first kappa shape index (κ1) is 21.6. The normalized spacial score (nSPS) is 12.3. The van der Waals surface area contributed by atoms with Crippen molar-refractivity contribution in [2.75, 3.05) is 25.2 Å². The maximum absolute atomic E-state index is 12.5. The molecule has 2 aromatic heterocycles. The van der Waals surface area contributed by atoms with Crippen LogP contribution in [-0.4, -0.2) is 57.7 Å². The van der Waals surface area contributed by atoms with Gasteiger partial charge in [-0.15, -0.1) is 10.2 Å². The van der Waals surface area contributed by atoms with Gasteiger partial charge in [0.25, 0.3) is 0 Å². The van der Waals surface area contributed by atoms with E-state index in [1.54, 1.807) is 42.1 Å². The molecule has 12 heteroatoms. The molecule has 0 aliphatic rings. The van der Waals surface area contributed by atoms with Crippen LogP contribution in [0.1, 0.15) is 11.5 Å². The number of sulfone groups is 1. The minimum absolute atomic E-state index is 0.0416. The summed E-state index contributed by atoms with van der Waals surface area (Å²) in [4.78, 5) is 6.26. The lowest BCUT2D eigenvalue weighted by atomic mass is 10.3. The zero-order chi connectivity index (χ0) is 21.0. The van der Waals surface area contributed by atoms with Crippen molar-refractivity contribution in [3.8, 4) is 5.69 Å². The average molecular weight is 452 g/mol. The largest absolute Gasteiger partial charge is 0.296 e. The molecule has 0 atom stereocenters. The van der Waals surface area contributed by atoms with Gasteiger partial charge in [-0.3, -0.25) is 4.90 Å². The molecule has 2 heterocycles. The number of rotatable bonds is 8. The molecular weight excluding hydrogens is 430 g/mol. The lowest BCUT2D eigenvalue weighted by molar-refractivity contribution is 0.417. The highest BCUT2D eigenvalue weighted by molar-refractivity contribution is 7.91. The van der Waals surface area contributed by atoms with Gasteiger partial charge in [0.15, 0.2) is 9.84 Å². The molecule has 0 saturated heterocycles. The van der Waals surface area contributed by atoms with Crippen LogP contribution in [0.3, 0.4) is 0 Å². The Bertz CT molecular complexity index is 1100. The minimum Gasteiger partial charge on any atom is -0.296 e. The van der Waals surface area contributed by atoms with E-state index in [-0.39, 0.29) is 10.6 Å². The number of azo groups is 1. The summed E-state index contributed by atoms with van der Waals surface area (Å²) in [6.45, 7) is 4.04. The van der Waals surface area contributed by atoms with Gasteiger partial charge in [0.05, 0.1) is 28.2 Å². The summed E-state index contributed by atoms with van der Waals surface area (Å²) < 4.78 is 30.6. The van der Waals surface area contributed by atoms with Gasteiger partial charge in [-0.2, -0.15) is 22.1 Å². The molecule has 154 valence electrons. The van der Waals surface area contributed by atoms with Crippen molar-refractivity contribution in [3.63, 3.8) is 0 Å². The molecule has 0 aliphatic carbocycles. The maximum Gasteiger partial charge on any atom is 0.249 e. The maximum atomic E-state index is 12.5. The fourth-order valence-electron chi connectivity index (χ4n) is 2.38. The van der Waals surface area contributed by atoms with Crippen molar-refractivity contribution >= 4 is 44.8 Å². The summed E-state index contributed by atoms with van der Waals surface area (Å²) in [7, 11) is -1.53. The summed E-state index contributed by atoms with van der Waals surface area (Å²) in [5.41, 5.74) is 2.03. The Labute approximate surface area is 179 Å². The Morgan fingerprint density at radius 1 is 1.21 bits per heavy atom. The summed E-state index contributed by atoms with van der Waals surface area (Å²) >= 11 is 5.31. The molecule has 0 bridgehead atoms. The average Bonchev–Trinajstić information content (AvgIpc) is 3.29. The zero-order valence-electron chi connectivity index (χ0n) is 16.2. The number of hydrogen-bond donors (Lipinski definition) is 1. The molecule has 0 spiro atoms. The SMILES string of the molecule is Cc1nsc(N=Nc2cn(-c3ccc(S(=O)(=O)CCN(C)CS)cc3)nc2C)n1. The predicted molar refractivity (Wildman–Crippen MR) is 116 cm³/mol. The molecule has 0 saturated carbocycles. The molecule has 0 fully saturated rings. The van der Waals surface area contributed by atoms with Crippen LogP contribution < -0.4 is 0 Å². The van der Waals surface area contributed by atoms with Crippen LogP contribution in [0.4, 0.5) is 10.8 Å². The number of thiol groups is 1. The second kappa shape index (κ2) is 9.11. The van der Waals surface area contributed by atoms with Crippen LogP contribution in [0.2, 0.25) is 0 Å². The molecule has 29 heavy (non-hydrogen) atoms. The molecular formula is C17H21N7O2S3. The number of aryl methyl sites for hydroxylation is 2. The Morgan fingerprint density at radius 3 is 2.55 bits per heavy atom. The predicted octanol–water partition coefficient (Wildman–Crippen LogP) is 3.35. The molecule has 0 N–H and O–H groups in total. The van der Waals surface area contributed by atoms with Crippen LogP contribution in [0.5, 0.6) is 0 Å². The van der Waals surface area contributed by atoms with E-state index in [4.69, 9.17) is 0 Å². The third-order valence-electron chi connectivity index (χ3n) is 4.08. The van der Waals surface area contributed by atoms with Crippen molar-refractivity contribution in [1.29, 1.82) is 0 Å². The van der Waals surface area contributed by atoms with Crippen molar-refractivity contribution in [3.05, 3.63) is 42.0 Å². The standard InChI is InChI=1S/C17H21N7O2S3/c1-12-16(19-20-17-18-13(2)22-28-17)10-24(21-12)14-4-6-15(7-5-14)29(25,26)9-8-23(3)11-27/h4-7,10,27H,8-9,11H2,1-3H3. The first-order valence-electron chi connectivity index (χ1n) is 8.69. The van der Waals surface area contributed by atoms with Gasteiger partial charge in [0, 0.05) is 24.0 Å². The molecule has 0 aliphatic heterocycles. The first-order chi connectivity index (χ1) is 13.8. The van der Waals surface area contributed by atoms with Gasteiger partial charge < -0.3 is 0 Å². The van der Waals surface area contributed by atoms with Crippen molar-refractivity contribution in [2.24, 2.45) is 10.2 Å². The third-order valence-corrected chi connectivity index (χ3v) is 6.96.